The van der Waals surface area contributed by atoms with Crippen molar-refractivity contribution in [1.29, 1.82) is 0 Å². The molecule has 0 aliphatic carbocycles. The van der Waals surface area contributed by atoms with Crippen LogP contribution in [0.2, 0.25) is 0 Å². The van der Waals surface area contributed by atoms with E-state index in [1.165, 1.54) is 0 Å². The number of nitrogens with zero attached hydrogens (tertiary/aromatic N) is 2. The Labute approximate surface area is 147 Å². The van der Waals surface area contributed by atoms with Crippen LogP contribution in [0.5, 0.6) is 0 Å². The molecule has 3 amide bonds. The van der Waals surface area contributed by atoms with Gasteiger partial charge in [0.05, 0.1) is 0 Å². The van der Waals surface area contributed by atoms with E-state index in [1.807, 2.05) is 12.1 Å². The highest BCUT2D eigenvalue weighted by atomic mass is 16.2. The van der Waals surface area contributed by atoms with E-state index >= 15 is 0 Å². The zero-order valence-electron chi connectivity index (χ0n) is 14.5. The lowest BCUT2D eigenvalue weighted by Gasteiger charge is -2.34. The summed E-state index contributed by atoms with van der Waals surface area (Å²) in [4.78, 5) is 38.2. The van der Waals surface area contributed by atoms with Crippen LogP contribution >= 0.6 is 0 Å². The Hall–Kier alpha value is -2.61. The second kappa shape index (κ2) is 9.63. The Morgan fingerprint density at radius 2 is 1.72 bits per heavy atom. The number of likely N-dealkylation sites (N-methyl/N-ethyl adjacent to an activating group) is 1. The maximum absolute atomic E-state index is 11.8. The van der Waals surface area contributed by atoms with E-state index in [0.29, 0.717) is 31.6 Å². The molecule has 0 radical (unpaired) electrons. The summed E-state index contributed by atoms with van der Waals surface area (Å²) in [6.45, 7) is 4.80. The summed E-state index contributed by atoms with van der Waals surface area (Å²) in [7, 11) is 2.11. The third-order valence-corrected chi connectivity index (χ3v) is 4.07. The van der Waals surface area contributed by atoms with E-state index in [2.05, 4.69) is 32.8 Å². The molecule has 136 valence electrons. The smallest absolute Gasteiger partial charge is 0.313 e. The molecule has 1 aromatic carbocycles. The zero-order valence-corrected chi connectivity index (χ0v) is 14.5. The molecule has 0 aromatic heterocycles. The van der Waals surface area contributed by atoms with Crippen molar-refractivity contribution in [3.63, 3.8) is 0 Å². The highest BCUT2D eigenvalue weighted by Gasteiger charge is 2.15. The molecule has 8 heteroatoms. The molecule has 0 unspecified atom stereocenters. The second-order valence-corrected chi connectivity index (χ2v) is 5.97. The van der Waals surface area contributed by atoms with Crippen molar-refractivity contribution in [3.05, 3.63) is 24.3 Å². The number of nitrogens with one attached hydrogen (secondary N) is 3. The fraction of sp³-hybridized carbons (Fsp3) is 0.471. The maximum atomic E-state index is 11.8. The molecule has 1 heterocycles. The van der Waals surface area contributed by atoms with Crippen molar-refractivity contribution in [2.45, 2.75) is 6.42 Å². The number of amides is 3. The normalized spacial score (nSPS) is 14.7. The number of carbonyl (C=O) groups is 3. The van der Waals surface area contributed by atoms with Crippen molar-refractivity contribution in [2.24, 2.45) is 0 Å². The highest BCUT2D eigenvalue weighted by molar-refractivity contribution is 6.39. The molecular weight excluding hydrogens is 322 g/mol. The first-order chi connectivity index (χ1) is 12.1. The van der Waals surface area contributed by atoms with Gasteiger partial charge in [-0.15, -0.1) is 0 Å². The van der Waals surface area contributed by atoms with Crippen LogP contribution in [0, 0.1) is 0 Å². The van der Waals surface area contributed by atoms with Crippen LogP contribution in [0.4, 0.5) is 11.4 Å². The molecule has 0 bridgehead atoms. The molecule has 0 saturated carbocycles. The maximum Gasteiger partial charge on any atom is 0.313 e. The summed E-state index contributed by atoms with van der Waals surface area (Å²) in [5.41, 5.74) is 1.69. The second-order valence-electron chi connectivity index (χ2n) is 5.97. The van der Waals surface area contributed by atoms with E-state index in [4.69, 9.17) is 0 Å². The van der Waals surface area contributed by atoms with Crippen LogP contribution in [0.3, 0.4) is 0 Å². The van der Waals surface area contributed by atoms with E-state index in [0.717, 1.165) is 31.9 Å². The lowest BCUT2D eigenvalue weighted by Crippen LogP contribution is -2.44. The molecule has 1 saturated heterocycles. The first kappa shape index (κ1) is 18.7. The van der Waals surface area contributed by atoms with Crippen LogP contribution in [0.1, 0.15) is 6.42 Å². The minimum absolute atomic E-state index is 0.329. The molecule has 1 aliphatic rings. The summed E-state index contributed by atoms with van der Waals surface area (Å²) in [6.07, 6.45) is 1.16. The van der Waals surface area contributed by atoms with Crippen LogP contribution in [-0.4, -0.2) is 69.4 Å². The van der Waals surface area contributed by atoms with Gasteiger partial charge in [-0.25, -0.2) is 0 Å². The number of hydrogen-bond acceptors (Lipinski definition) is 5. The number of hydrogen-bond donors (Lipinski definition) is 3. The van der Waals surface area contributed by atoms with Crippen LogP contribution in [0.25, 0.3) is 0 Å². The fourth-order valence-corrected chi connectivity index (χ4v) is 2.54. The van der Waals surface area contributed by atoms with Gasteiger partial charge in [0, 0.05) is 50.6 Å². The van der Waals surface area contributed by atoms with Gasteiger partial charge in [0.25, 0.3) is 0 Å². The topological polar surface area (TPSA) is 93.8 Å². The van der Waals surface area contributed by atoms with Crippen molar-refractivity contribution in [3.8, 4) is 0 Å². The third-order valence-electron chi connectivity index (χ3n) is 4.07. The Kier molecular flexibility index (Phi) is 7.21. The standard InChI is InChI=1S/C17H25N5O3/c1-21-9-11-22(12-10-21)15-5-3-14(4-6-15)20-17(25)16(24)19-8-2-7-18-13-23/h3-6,13H,2,7-12H2,1H3,(H,18,23)(H,19,24)(H,20,25). The lowest BCUT2D eigenvalue weighted by atomic mass is 10.2. The molecule has 1 aliphatic heterocycles. The van der Waals surface area contributed by atoms with Crippen molar-refractivity contribution in [1.82, 2.24) is 15.5 Å². The van der Waals surface area contributed by atoms with E-state index < -0.39 is 11.8 Å². The predicted molar refractivity (Wildman–Crippen MR) is 96.5 cm³/mol. The average molecular weight is 347 g/mol. The monoisotopic (exact) mass is 347 g/mol. The molecule has 0 spiro atoms. The Bertz CT molecular complexity index is 582. The largest absolute Gasteiger partial charge is 0.369 e. The number of anilines is 2. The van der Waals surface area contributed by atoms with Crippen LogP contribution in [0.15, 0.2) is 24.3 Å². The number of benzene rings is 1. The number of piperazine rings is 1. The Morgan fingerprint density at radius 3 is 2.36 bits per heavy atom. The third kappa shape index (κ3) is 6.07. The highest BCUT2D eigenvalue weighted by Crippen LogP contribution is 2.19. The molecule has 1 fully saturated rings. The minimum atomic E-state index is -0.698. The van der Waals surface area contributed by atoms with E-state index in [9.17, 15) is 14.4 Å². The van der Waals surface area contributed by atoms with Crippen molar-refractivity contribution >= 4 is 29.6 Å². The quantitative estimate of drug-likeness (QED) is 0.355. The van der Waals surface area contributed by atoms with E-state index in [-0.39, 0.29) is 0 Å². The molecule has 0 atom stereocenters. The molecule has 25 heavy (non-hydrogen) atoms. The lowest BCUT2D eigenvalue weighted by molar-refractivity contribution is -0.136. The molecule has 8 nitrogen and oxygen atoms in total. The van der Waals surface area contributed by atoms with Gasteiger partial charge in [-0.05, 0) is 37.7 Å². The Morgan fingerprint density at radius 1 is 1.04 bits per heavy atom. The van der Waals surface area contributed by atoms with Gasteiger partial charge in [-0.2, -0.15) is 0 Å². The van der Waals surface area contributed by atoms with Gasteiger partial charge in [0.15, 0.2) is 0 Å². The van der Waals surface area contributed by atoms with Gasteiger partial charge < -0.3 is 25.8 Å². The summed E-state index contributed by atoms with van der Waals surface area (Å²) < 4.78 is 0. The summed E-state index contributed by atoms with van der Waals surface area (Å²) in [6, 6.07) is 7.49. The van der Waals surface area contributed by atoms with Gasteiger partial charge in [0.2, 0.25) is 6.41 Å². The number of rotatable bonds is 7. The minimum Gasteiger partial charge on any atom is -0.369 e. The molecule has 1 aromatic rings. The van der Waals surface area contributed by atoms with Gasteiger partial charge >= 0.3 is 11.8 Å². The van der Waals surface area contributed by atoms with Crippen molar-refractivity contribution < 1.29 is 14.4 Å². The predicted octanol–water partition coefficient (Wildman–Crippen LogP) is -0.371. The molecule has 2 rings (SSSR count). The summed E-state index contributed by atoms with van der Waals surface area (Å²) in [5, 5.41) is 7.58. The van der Waals surface area contributed by atoms with Gasteiger partial charge in [0.1, 0.15) is 0 Å². The van der Waals surface area contributed by atoms with Gasteiger partial charge in [-0.1, -0.05) is 0 Å². The Balaban J connectivity index is 1.77. The van der Waals surface area contributed by atoms with Crippen LogP contribution in [-0.2, 0) is 14.4 Å². The molecule has 3 N–H and O–H groups in total. The first-order valence-electron chi connectivity index (χ1n) is 8.40. The van der Waals surface area contributed by atoms with Crippen molar-refractivity contribution in [2.75, 3.05) is 56.5 Å². The first-order valence-corrected chi connectivity index (χ1v) is 8.40. The summed E-state index contributed by atoms with van der Waals surface area (Å²) in [5.74, 6) is -1.38. The van der Waals surface area contributed by atoms with Crippen LogP contribution < -0.4 is 20.9 Å². The SMILES string of the molecule is CN1CCN(c2ccc(NC(=O)C(=O)NCCCNC=O)cc2)CC1. The summed E-state index contributed by atoms with van der Waals surface area (Å²) >= 11 is 0. The number of carbonyl (C=O) groups excluding carboxylic acids is 3. The average Bonchev–Trinajstić information content (AvgIpc) is 2.62. The zero-order chi connectivity index (χ0) is 18.1. The van der Waals surface area contributed by atoms with Gasteiger partial charge in [-0.3, -0.25) is 14.4 Å². The van der Waals surface area contributed by atoms with E-state index in [1.54, 1.807) is 12.1 Å². The fourth-order valence-electron chi connectivity index (χ4n) is 2.54. The molecular formula is C17H25N5O3.